The van der Waals surface area contributed by atoms with Crippen LogP contribution in [0.25, 0.3) is 6.08 Å². The van der Waals surface area contributed by atoms with E-state index in [1.807, 2.05) is 63.3 Å². The van der Waals surface area contributed by atoms with E-state index in [9.17, 15) is 9.18 Å². The summed E-state index contributed by atoms with van der Waals surface area (Å²) in [7, 11) is 0. The Hall–Kier alpha value is -2.82. The van der Waals surface area contributed by atoms with Gasteiger partial charge in [-0.05, 0) is 56.2 Å². The first-order valence-corrected chi connectivity index (χ1v) is 8.42. The highest BCUT2D eigenvalue weighted by Crippen LogP contribution is 2.15. The summed E-state index contributed by atoms with van der Waals surface area (Å²) in [5.74, 6) is 0.435. The molecule has 0 saturated heterocycles. The van der Waals surface area contributed by atoms with Gasteiger partial charge in [-0.1, -0.05) is 36.4 Å². The molecule has 0 aliphatic carbocycles. The molecule has 0 heterocycles. The Kier molecular flexibility index (Phi) is 6.78. The molecular weight excluding hydrogens is 333 g/mol. The number of hydrogen-bond donors (Lipinski definition) is 1. The lowest BCUT2D eigenvalue weighted by molar-refractivity contribution is 0.0534. The molecule has 2 aromatic carbocycles. The standard InChI is InChI=1S/C21H24FNO3/c1-21(2,3)26-20(24)23-13-5-7-16-9-11-19(12-10-16)25-15-17-6-4-8-18(22)14-17/h4-12,14H,13,15H2,1-3H3,(H,23,24). The maximum Gasteiger partial charge on any atom is 0.407 e. The molecule has 0 aliphatic heterocycles. The molecule has 0 unspecified atom stereocenters. The Morgan fingerprint density at radius 1 is 1.15 bits per heavy atom. The average Bonchev–Trinajstić information content (AvgIpc) is 2.56. The zero-order valence-corrected chi connectivity index (χ0v) is 15.3. The van der Waals surface area contributed by atoms with Crippen LogP contribution in [0.2, 0.25) is 0 Å². The lowest BCUT2D eigenvalue weighted by Crippen LogP contribution is -2.32. The summed E-state index contributed by atoms with van der Waals surface area (Å²) in [6, 6.07) is 13.8. The van der Waals surface area contributed by atoms with Crippen LogP contribution >= 0.6 is 0 Å². The predicted molar refractivity (Wildman–Crippen MR) is 100 cm³/mol. The SMILES string of the molecule is CC(C)(C)OC(=O)NCC=Cc1ccc(OCc2cccc(F)c2)cc1. The van der Waals surface area contributed by atoms with Crippen molar-refractivity contribution in [2.75, 3.05) is 6.54 Å². The first kappa shape index (κ1) is 19.5. The molecule has 0 bridgehead atoms. The highest BCUT2D eigenvalue weighted by Gasteiger charge is 2.14. The van der Waals surface area contributed by atoms with Gasteiger partial charge in [-0.15, -0.1) is 0 Å². The van der Waals surface area contributed by atoms with Gasteiger partial charge in [0.1, 0.15) is 23.8 Å². The molecule has 5 heteroatoms. The van der Waals surface area contributed by atoms with Crippen molar-refractivity contribution in [1.82, 2.24) is 5.32 Å². The molecule has 0 aliphatic rings. The molecule has 4 nitrogen and oxygen atoms in total. The van der Waals surface area contributed by atoms with Crippen molar-refractivity contribution < 1.29 is 18.7 Å². The van der Waals surface area contributed by atoms with E-state index >= 15 is 0 Å². The van der Waals surface area contributed by atoms with Crippen LogP contribution in [0.3, 0.4) is 0 Å². The van der Waals surface area contributed by atoms with Gasteiger partial charge in [0.25, 0.3) is 0 Å². The third kappa shape index (κ3) is 7.38. The average molecular weight is 357 g/mol. The number of benzene rings is 2. The molecule has 2 aromatic rings. The molecule has 138 valence electrons. The third-order valence-electron chi connectivity index (χ3n) is 3.25. The van der Waals surface area contributed by atoms with Crippen molar-refractivity contribution >= 4 is 12.2 Å². The minimum Gasteiger partial charge on any atom is -0.489 e. The van der Waals surface area contributed by atoms with Crippen LogP contribution in [0, 0.1) is 5.82 Å². The Bertz CT molecular complexity index is 749. The second kappa shape index (κ2) is 9.04. The first-order chi connectivity index (χ1) is 12.3. The zero-order valence-electron chi connectivity index (χ0n) is 15.3. The summed E-state index contributed by atoms with van der Waals surface area (Å²) < 4.78 is 23.9. The quantitative estimate of drug-likeness (QED) is 0.796. The molecule has 0 aromatic heterocycles. The van der Waals surface area contributed by atoms with Crippen LogP contribution in [0.5, 0.6) is 5.75 Å². The normalized spacial score (nSPS) is 11.4. The number of alkyl carbamates (subject to hydrolysis) is 1. The van der Waals surface area contributed by atoms with E-state index in [-0.39, 0.29) is 5.82 Å². The first-order valence-electron chi connectivity index (χ1n) is 8.42. The van der Waals surface area contributed by atoms with Crippen molar-refractivity contribution in [2.45, 2.75) is 33.0 Å². The fourth-order valence-electron chi connectivity index (χ4n) is 2.12. The lowest BCUT2D eigenvalue weighted by atomic mass is 10.2. The van der Waals surface area contributed by atoms with E-state index in [2.05, 4.69) is 5.32 Å². The number of amides is 1. The molecule has 0 spiro atoms. The topological polar surface area (TPSA) is 47.6 Å². The van der Waals surface area contributed by atoms with Gasteiger partial charge in [0.15, 0.2) is 0 Å². The fraction of sp³-hybridized carbons (Fsp3) is 0.286. The molecule has 0 fully saturated rings. The number of hydrogen-bond acceptors (Lipinski definition) is 3. The van der Waals surface area contributed by atoms with Crippen LogP contribution in [-0.2, 0) is 11.3 Å². The zero-order chi connectivity index (χ0) is 19.0. The van der Waals surface area contributed by atoms with E-state index < -0.39 is 11.7 Å². The second-order valence-electron chi connectivity index (χ2n) is 6.77. The number of ether oxygens (including phenoxy) is 2. The van der Waals surface area contributed by atoms with E-state index in [4.69, 9.17) is 9.47 Å². The summed E-state index contributed by atoms with van der Waals surface area (Å²) >= 11 is 0. The highest BCUT2D eigenvalue weighted by atomic mass is 19.1. The summed E-state index contributed by atoms with van der Waals surface area (Å²) in [6.07, 6.45) is 3.29. The molecule has 0 radical (unpaired) electrons. The predicted octanol–water partition coefficient (Wildman–Crippen LogP) is 4.94. The Morgan fingerprint density at radius 3 is 2.54 bits per heavy atom. The Balaban J connectivity index is 1.77. The van der Waals surface area contributed by atoms with E-state index in [0.29, 0.717) is 18.9 Å². The third-order valence-corrected chi connectivity index (χ3v) is 3.25. The second-order valence-corrected chi connectivity index (χ2v) is 6.77. The Morgan fingerprint density at radius 2 is 1.88 bits per heavy atom. The van der Waals surface area contributed by atoms with Gasteiger partial charge >= 0.3 is 6.09 Å². The fourth-order valence-corrected chi connectivity index (χ4v) is 2.12. The van der Waals surface area contributed by atoms with Crippen LogP contribution in [0.15, 0.2) is 54.6 Å². The molecule has 1 N–H and O–H groups in total. The van der Waals surface area contributed by atoms with Gasteiger partial charge in [0, 0.05) is 6.54 Å². The minimum absolute atomic E-state index is 0.272. The summed E-state index contributed by atoms with van der Waals surface area (Å²) in [4.78, 5) is 11.5. The van der Waals surface area contributed by atoms with E-state index in [1.54, 1.807) is 6.07 Å². The molecule has 1 amide bonds. The number of carbonyl (C=O) groups is 1. The molecule has 0 saturated carbocycles. The van der Waals surface area contributed by atoms with Crippen molar-refractivity contribution in [3.05, 3.63) is 71.6 Å². The van der Waals surface area contributed by atoms with Crippen LogP contribution in [0.4, 0.5) is 9.18 Å². The van der Waals surface area contributed by atoms with Crippen LogP contribution in [-0.4, -0.2) is 18.2 Å². The van der Waals surface area contributed by atoms with Gasteiger partial charge in [-0.25, -0.2) is 9.18 Å². The monoisotopic (exact) mass is 357 g/mol. The molecule has 26 heavy (non-hydrogen) atoms. The van der Waals surface area contributed by atoms with Gasteiger partial charge < -0.3 is 14.8 Å². The maximum absolute atomic E-state index is 13.1. The van der Waals surface area contributed by atoms with Gasteiger partial charge in [-0.3, -0.25) is 0 Å². The van der Waals surface area contributed by atoms with Gasteiger partial charge in [-0.2, -0.15) is 0 Å². The minimum atomic E-state index is -0.505. The van der Waals surface area contributed by atoms with Crippen LogP contribution in [0.1, 0.15) is 31.9 Å². The van der Waals surface area contributed by atoms with Crippen molar-refractivity contribution in [2.24, 2.45) is 0 Å². The van der Waals surface area contributed by atoms with Gasteiger partial charge in [0.2, 0.25) is 0 Å². The highest BCUT2D eigenvalue weighted by molar-refractivity contribution is 5.68. The lowest BCUT2D eigenvalue weighted by Gasteiger charge is -2.19. The molecule has 2 rings (SSSR count). The number of nitrogens with one attached hydrogen (secondary N) is 1. The van der Waals surface area contributed by atoms with Crippen molar-refractivity contribution in [3.8, 4) is 5.75 Å². The number of carbonyl (C=O) groups excluding carboxylic acids is 1. The summed E-state index contributed by atoms with van der Waals surface area (Å²) in [5, 5.41) is 2.66. The molecular formula is C21H24FNO3. The number of rotatable bonds is 6. The number of halogens is 1. The van der Waals surface area contributed by atoms with E-state index in [0.717, 1.165) is 11.1 Å². The largest absolute Gasteiger partial charge is 0.489 e. The van der Waals surface area contributed by atoms with E-state index in [1.165, 1.54) is 12.1 Å². The smallest absolute Gasteiger partial charge is 0.407 e. The molecule has 0 atom stereocenters. The summed E-state index contributed by atoms with van der Waals surface area (Å²) in [6.45, 7) is 6.15. The van der Waals surface area contributed by atoms with Crippen LogP contribution < -0.4 is 10.1 Å². The van der Waals surface area contributed by atoms with Crippen molar-refractivity contribution in [1.29, 1.82) is 0 Å². The summed E-state index contributed by atoms with van der Waals surface area (Å²) in [5.41, 5.74) is 1.26. The van der Waals surface area contributed by atoms with Gasteiger partial charge in [0.05, 0.1) is 0 Å². The maximum atomic E-state index is 13.1. The van der Waals surface area contributed by atoms with Crippen molar-refractivity contribution in [3.63, 3.8) is 0 Å². The Labute approximate surface area is 153 Å².